The first-order chi connectivity index (χ1) is 12.4. The van der Waals surface area contributed by atoms with E-state index in [1.807, 2.05) is 4.90 Å². The Morgan fingerprint density at radius 2 is 1.69 bits per heavy atom. The average molecular weight is 372 g/mol. The third-order valence-corrected chi connectivity index (χ3v) is 5.87. The minimum absolute atomic E-state index is 0.0759. The Kier molecular flexibility index (Phi) is 6.30. The van der Waals surface area contributed by atoms with Crippen LogP contribution in [0, 0.1) is 17.7 Å². The van der Waals surface area contributed by atoms with E-state index in [1.165, 1.54) is 38.2 Å². The highest BCUT2D eigenvalue weighted by molar-refractivity contribution is 5.56. The van der Waals surface area contributed by atoms with Gasteiger partial charge >= 0.3 is 6.18 Å². The topological polar surface area (TPSA) is 15.3 Å². The molecule has 6 heteroatoms. The average Bonchev–Trinajstić information content (AvgIpc) is 2.63. The maximum Gasteiger partial charge on any atom is 0.391 e. The van der Waals surface area contributed by atoms with Gasteiger partial charge < -0.3 is 10.2 Å². The van der Waals surface area contributed by atoms with Gasteiger partial charge in [-0.05, 0) is 43.4 Å². The monoisotopic (exact) mass is 372 g/mol. The van der Waals surface area contributed by atoms with Gasteiger partial charge in [0.2, 0.25) is 0 Å². The van der Waals surface area contributed by atoms with Crippen LogP contribution < -0.4 is 10.2 Å². The molecule has 26 heavy (non-hydrogen) atoms. The third kappa shape index (κ3) is 5.04. The molecule has 1 heterocycles. The third-order valence-electron chi connectivity index (χ3n) is 5.87. The van der Waals surface area contributed by atoms with Gasteiger partial charge in [0, 0.05) is 25.3 Å². The fraction of sp³-hybridized carbons (Fsp3) is 0.700. The van der Waals surface area contributed by atoms with Crippen LogP contribution in [0.1, 0.15) is 51.4 Å². The van der Waals surface area contributed by atoms with Crippen LogP contribution in [-0.4, -0.2) is 25.8 Å². The van der Waals surface area contributed by atoms with Crippen LogP contribution >= 0.6 is 0 Å². The van der Waals surface area contributed by atoms with Crippen molar-refractivity contribution >= 4 is 11.4 Å². The molecule has 0 spiro atoms. The van der Waals surface area contributed by atoms with Crippen LogP contribution in [-0.2, 0) is 0 Å². The highest BCUT2D eigenvalue weighted by Gasteiger charge is 2.41. The molecule has 2 nitrogen and oxygen atoms in total. The smallest absolute Gasteiger partial charge is 0.383 e. The Morgan fingerprint density at radius 3 is 2.31 bits per heavy atom. The molecule has 1 saturated heterocycles. The lowest BCUT2D eigenvalue weighted by atomic mass is 9.87. The molecule has 0 bridgehead atoms. The minimum Gasteiger partial charge on any atom is -0.383 e. The van der Waals surface area contributed by atoms with Crippen molar-refractivity contribution in [2.45, 2.75) is 57.5 Å². The van der Waals surface area contributed by atoms with Crippen molar-refractivity contribution in [2.75, 3.05) is 29.9 Å². The number of nitrogens with zero attached hydrogens (tertiary/aromatic N) is 1. The zero-order valence-corrected chi connectivity index (χ0v) is 15.1. The summed E-state index contributed by atoms with van der Waals surface area (Å²) >= 11 is 0. The predicted octanol–water partition coefficient (Wildman–Crippen LogP) is 5.99. The van der Waals surface area contributed by atoms with Crippen LogP contribution in [0.3, 0.4) is 0 Å². The lowest BCUT2D eigenvalue weighted by Gasteiger charge is -2.34. The summed E-state index contributed by atoms with van der Waals surface area (Å²) in [6.07, 6.45) is 3.58. The summed E-state index contributed by atoms with van der Waals surface area (Å²) in [6.45, 7) is 1.40. The highest BCUT2D eigenvalue weighted by atomic mass is 19.4. The van der Waals surface area contributed by atoms with Gasteiger partial charge in [-0.25, -0.2) is 4.39 Å². The minimum atomic E-state index is -4.12. The Balaban J connectivity index is 1.49. The maximum atomic E-state index is 14.4. The first-order valence-corrected chi connectivity index (χ1v) is 9.78. The molecule has 1 aromatic carbocycles. The van der Waals surface area contributed by atoms with E-state index in [1.54, 1.807) is 12.1 Å². The summed E-state index contributed by atoms with van der Waals surface area (Å²) < 4.78 is 52.6. The summed E-state index contributed by atoms with van der Waals surface area (Å²) in [5, 5.41) is 3.18. The number of rotatable bonds is 5. The van der Waals surface area contributed by atoms with E-state index >= 15 is 0 Å². The molecule has 1 N–H and O–H groups in total. The molecule has 1 aliphatic heterocycles. The van der Waals surface area contributed by atoms with Crippen molar-refractivity contribution in [2.24, 2.45) is 11.8 Å². The predicted molar refractivity (Wildman–Crippen MR) is 97.1 cm³/mol. The highest BCUT2D eigenvalue weighted by Crippen LogP contribution is 2.36. The molecule has 0 atom stereocenters. The number of alkyl halides is 3. The molecule has 2 fully saturated rings. The molecule has 1 saturated carbocycles. The standard InChI is InChI=1S/C20H28F4N2/c21-18-14-17(26-12-9-16(10-13-26)20(22,23)24)6-7-19(18)25-11-8-15-4-2-1-3-5-15/h6-7,14-16,25H,1-5,8-13H2. The van der Waals surface area contributed by atoms with Gasteiger partial charge in [-0.15, -0.1) is 0 Å². The van der Waals surface area contributed by atoms with Crippen LogP contribution in [0.2, 0.25) is 0 Å². The SMILES string of the molecule is Fc1cc(N2CCC(C(F)(F)F)CC2)ccc1NCCC1CCCCC1. The summed E-state index contributed by atoms with van der Waals surface area (Å²) in [5.41, 5.74) is 1.15. The number of hydrogen-bond donors (Lipinski definition) is 1. The van der Waals surface area contributed by atoms with E-state index in [9.17, 15) is 17.6 Å². The molecule has 2 aliphatic rings. The molecular weight excluding hydrogens is 344 g/mol. The lowest BCUT2D eigenvalue weighted by Crippen LogP contribution is -2.39. The number of piperidine rings is 1. The molecule has 0 unspecified atom stereocenters. The lowest BCUT2D eigenvalue weighted by molar-refractivity contribution is -0.179. The van der Waals surface area contributed by atoms with Gasteiger partial charge in [-0.2, -0.15) is 13.2 Å². The molecule has 3 rings (SSSR count). The summed E-state index contributed by atoms with van der Waals surface area (Å²) in [5.74, 6) is -0.818. The van der Waals surface area contributed by atoms with Gasteiger partial charge in [0.15, 0.2) is 0 Å². The van der Waals surface area contributed by atoms with Crippen LogP contribution in [0.15, 0.2) is 18.2 Å². The largest absolute Gasteiger partial charge is 0.391 e. The first-order valence-electron chi connectivity index (χ1n) is 9.78. The van der Waals surface area contributed by atoms with Gasteiger partial charge in [0.05, 0.1) is 11.6 Å². The molecule has 1 aromatic rings. The second kappa shape index (κ2) is 8.49. The van der Waals surface area contributed by atoms with Gasteiger partial charge in [0.25, 0.3) is 0 Å². The summed E-state index contributed by atoms with van der Waals surface area (Å²) in [6, 6.07) is 4.96. The van der Waals surface area contributed by atoms with Crippen molar-refractivity contribution in [3.8, 4) is 0 Å². The van der Waals surface area contributed by atoms with E-state index in [2.05, 4.69) is 5.32 Å². The van der Waals surface area contributed by atoms with E-state index < -0.39 is 12.1 Å². The number of halogens is 4. The molecule has 0 aromatic heterocycles. The fourth-order valence-electron chi connectivity index (χ4n) is 4.20. The van der Waals surface area contributed by atoms with Crippen LogP contribution in [0.25, 0.3) is 0 Å². The first kappa shape index (κ1) is 19.3. The molecule has 146 valence electrons. The second-order valence-electron chi connectivity index (χ2n) is 7.69. The number of nitrogens with one attached hydrogen (secondary N) is 1. The summed E-state index contributed by atoms with van der Waals surface area (Å²) in [4.78, 5) is 1.84. The van der Waals surface area contributed by atoms with E-state index in [4.69, 9.17) is 0 Å². The Hall–Kier alpha value is -1.46. The fourth-order valence-corrected chi connectivity index (χ4v) is 4.20. The van der Waals surface area contributed by atoms with E-state index in [0.29, 0.717) is 24.5 Å². The van der Waals surface area contributed by atoms with Crippen molar-refractivity contribution in [3.05, 3.63) is 24.0 Å². The maximum absolute atomic E-state index is 14.4. The molecular formula is C20H28F4N2. The Labute approximate surface area is 153 Å². The Morgan fingerprint density at radius 1 is 1.00 bits per heavy atom. The quantitative estimate of drug-likeness (QED) is 0.639. The van der Waals surface area contributed by atoms with Gasteiger partial charge in [0.1, 0.15) is 5.82 Å². The second-order valence-corrected chi connectivity index (χ2v) is 7.69. The summed E-state index contributed by atoms with van der Waals surface area (Å²) in [7, 11) is 0. The van der Waals surface area contributed by atoms with Crippen LogP contribution in [0.5, 0.6) is 0 Å². The zero-order valence-electron chi connectivity index (χ0n) is 15.1. The van der Waals surface area contributed by atoms with E-state index in [0.717, 1.165) is 18.9 Å². The van der Waals surface area contributed by atoms with Crippen molar-refractivity contribution < 1.29 is 17.6 Å². The van der Waals surface area contributed by atoms with Crippen molar-refractivity contribution in [3.63, 3.8) is 0 Å². The van der Waals surface area contributed by atoms with Crippen molar-refractivity contribution in [1.82, 2.24) is 0 Å². The number of benzene rings is 1. The number of anilines is 2. The van der Waals surface area contributed by atoms with E-state index in [-0.39, 0.29) is 18.7 Å². The molecule has 0 radical (unpaired) electrons. The van der Waals surface area contributed by atoms with Crippen LogP contribution in [0.4, 0.5) is 28.9 Å². The zero-order chi connectivity index (χ0) is 18.6. The molecule has 1 aliphatic carbocycles. The van der Waals surface area contributed by atoms with Crippen molar-refractivity contribution in [1.29, 1.82) is 0 Å². The van der Waals surface area contributed by atoms with Gasteiger partial charge in [-0.1, -0.05) is 32.1 Å². The normalized spacial score (nSPS) is 20.4. The number of hydrogen-bond acceptors (Lipinski definition) is 2. The Bertz CT molecular complexity index is 574. The van der Waals surface area contributed by atoms with Gasteiger partial charge in [-0.3, -0.25) is 0 Å². The molecule has 0 amide bonds.